The van der Waals surface area contributed by atoms with E-state index in [1.54, 1.807) is 18.5 Å². The molecule has 0 unspecified atom stereocenters. The van der Waals surface area contributed by atoms with Crippen molar-refractivity contribution >= 4 is 11.9 Å². The first-order chi connectivity index (χ1) is 12.3. The van der Waals surface area contributed by atoms with Gasteiger partial charge in [-0.1, -0.05) is 6.08 Å². The fourth-order valence-corrected chi connectivity index (χ4v) is 3.51. The number of hydrogen-bond acceptors (Lipinski definition) is 5. The Morgan fingerprint density at radius 2 is 2.12 bits per heavy atom. The molecule has 4 rings (SSSR count). The lowest BCUT2D eigenvalue weighted by Crippen LogP contribution is -2.36. The van der Waals surface area contributed by atoms with E-state index in [0.717, 1.165) is 37.1 Å². The van der Waals surface area contributed by atoms with Crippen molar-refractivity contribution in [3.05, 3.63) is 48.1 Å². The monoisotopic (exact) mass is 338 g/mol. The van der Waals surface area contributed by atoms with E-state index in [1.807, 2.05) is 21.8 Å². The summed E-state index contributed by atoms with van der Waals surface area (Å²) in [5.74, 6) is 1.04. The lowest BCUT2D eigenvalue weighted by Gasteiger charge is -2.25. The molecule has 2 aliphatic rings. The highest BCUT2D eigenvalue weighted by Crippen LogP contribution is 2.23. The van der Waals surface area contributed by atoms with Crippen molar-refractivity contribution < 1.29 is 4.79 Å². The van der Waals surface area contributed by atoms with Crippen LogP contribution in [0.5, 0.6) is 0 Å². The zero-order chi connectivity index (χ0) is 17.1. The number of amides is 1. The van der Waals surface area contributed by atoms with Crippen LogP contribution < -0.4 is 5.32 Å². The number of anilines is 1. The molecule has 130 valence electrons. The lowest BCUT2D eigenvalue weighted by molar-refractivity contribution is -0.128. The van der Waals surface area contributed by atoms with Crippen LogP contribution in [0, 0.1) is 5.92 Å². The third-order valence-corrected chi connectivity index (χ3v) is 4.78. The molecule has 1 amide bonds. The Kier molecular flexibility index (Phi) is 4.45. The van der Waals surface area contributed by atoms with E-state index >= 15 is 0 Å². The molecule has 1 aliphatic heterocycles. The molecule has 1 aliphatic carbocycles. The molecule has 1 atom stereocenters. The van der Waals surface area contributed by atoms with Crippen LogP contribution in [0.15, 0.2) is 42.4 Å². The SMILES string of the molecule is O=C(C1=CCCC1)N1Cc2ccnn2C[C@@H](CNc2ncccn2)C1. The highest BCUT2D eigenvalue weighted by molar-refractivity contribution is 5.93. The van der Waals surface area contributed by atoms with Crippen molar-refractivity contribution in [2.24, 2.45) is 5.92 Å². The molecule has 0 saturated heterocycles. The minimum Gasteiger partial charge on any atom is -0.354 e. The van der Waals surface area contributed by atoms with Gasteiger partial charge in [-0.05, 0) is 31.4 Å². The summed E-state index contributed by atoms with van der Waals surface area (Å²) < 4.78 is 2.01. The van der Waals surface area contributed by atoms with E-state index in [2.05, 4.69) is 26.5 Å². The highest BCUT2D eigenvalue weighted by atomic mass is 16.2. The molecule has 3 heterocycles. The van der Waals surface area contributed by atoms with E-state index in [0.29, 0.717) is 25.6 Å². The average Bonchev–Trinajstić information content (AvgIpc) is 3.29. The molecule has 0 spiro atoms. The predicted molar refractivity (Wildman–Crippen MR) is 93.6 cm³/mol. The number of carbonyl (C=O) groups is 1. The molecule has 2 aromatic heterocycles. The Morgan fingerprint density at radius 3 is 2.92 bits per heavy atom. The first-order valence-electron chi connectivity index (χ1n) is 8.79. The fourth-order valence-electron chi connectivity index (χ4n) is 3.51. The Labute approximate surface area is 146 Å². The van der Waals surface area contributed by atoms with Gasteiger partial charge in [0, 0.05) is 49.7 Å². The second-order valence-electron chi connectivity index (χ2n) is 6.63. The van der Waals surface area contributed by atoms with Crippen LogP contribution in [0.25, 0.3) is 0 Å². The van der Waals surface area contributed by atoms with Gasteiger partial charge < -0.3 is 10.2 Å². The molecule has 25 heavy (non-hydrogen) atoms. The van der Waals surface area contributed by atoms with Crippen molar-refractivity contribution in [1.29, 1.82) is 0 Å². The van der Waals surface area contributed by atoms with Crippen LogP contribution in [0.2, 0.25) is 0 Å². The zero-order valence-electron chi connectivity index (χ0n) is 14.1. The lowest BCUT2D eigenvalue weighted by atomic mass is 10.1. The Bertz CT molecular complexity index is 769. The minimum atomic E-state index is 0.174. The molecule has 0 radical (unpaired) electrons. The quantitative estimate of drug-likeness (QED) is 0.921. The topological polar surface area (TPSA) is 75.9 Å². The number of fused-ring (bicyclic) bond motifs is 1. The maximum atomic E-state index is 12.9. The second-order valence-corrected chi connectivity index (χ2v) is 6.63. The highest BCUT2D eigenvalue weighted by Gasteiger charge is 2.27. The smallest absolute Gasteiger partial charge is 0.249 e. The number of nitrogens with one attached hydrogen (secondary N) is 1. The maximum absolute atomic E-state index is 12.9. The van der Waals surface area contributed by atoms with Gasteiger partial charge in [0.2, 0.25) is 11.9 Å². The molecular weight excluding hydrogens is 316 g/mol. The Morgan fingerprint density at radius 1 is 1.24 bits per heavy atom. The van der Waals surface area contributed by atoms with E-state index in [9.17, 15) is 4.79 Å². The van der Waals surface area contributed by atoms with Gasteiger partial charge in [0.1, 0.15) is 0 Å². The Hall–Kier alpha value is -2.70. The van der Waals surface area contributed by atoms with Crippen LogP contribution in [0.4, 0.5) is 5.95 Å². The predicted octanol–water partition coefficient (Wildman–Crippen LogP) is 1.85. The van der Waals surface area contributed by atoms with E-state index in [4.69, 9.17) is 0 Å². The van der Waals surface area contributed by atoms with Gasteiger partial charge in [0.25, 0.3) is 0 Å². The van der Waals surface area contributed by atoms with Crippen molar-refractivity contribution in [2.75, 3.05) is 18.4 Å². The van der Waals surface area contributed by atoms with Crippen LogP contribution >= 0.6 is 0 Å². The van der Waals surface area contributed by atoms with Gasteiger partial charge in [-0.3, -0.25) is 9.48 Å². The molecule has 0 saturated carbocycles. The molecule has 7 nitrogen and oxygen atoms in total. The summed E-state index contributed by atoms with van der Waals surface area (Å²) in [5.41, 5.74) is 2.05. The van der Waals surface area contributed by atoms with Gasteiger partial charge in [0.15, 0.2) is 0 Å². The summed E-state index contributed by atoms with van der Waals surface area (Å²) in [7, 11) is 0. The Balaban J connectivity index is 1.50. The van der Waals surface area contributed by atoms with Gasteiger partial charge in [-0.2, -0.15) is 5.10 Å². The van der Waals surface area contributed by atoms with Gasteiger partial charge in [-0.15, -0.1) is 0 Å². The van der Waals surface area contributed by atoms with Crippen molar-refractivity contribution in [1.82, 2.24) is 24.6 Å². The number of allylic oxidation sites excluding steroid dienone is 1. The molecule has 1 N–H and O–H groups in total. The van der Waals surface area contributed by atoms with Gasteiger partial charge in [-0.25, -0.2) is 9.97 Å². The van der Waals surface area contributed by atoms with Crippen LogP contribution in [-0.4, -0.2) is 43.6 Å². The van der Waals surface area contributed by atoms with Gasteiger partial charge in [0.05, 0.1) is 12.2 Å². The van der Waals surface area contributed by atoms with Crippen LogP contribution in [-0.2, 0) is 17.9 Å². The molecular formula is C18H22N6O. The number of nitrogens with zero attached hydrogens (tertiary/aromatic N) is 5. The number of hydrogen-bond donors (Lipinski definition) is 1. The van der Waals surface area contributed by atoms with Crippen molar-refractivity contribution in [3.8, 4) is 0 Å². The minimum absolute atomic E-state index is 0.174. The van der Waals surface area contributed by atoms with Gasteiger partial charge >= 0.3 is 0 Å². The average molecular weight is 338 g/mol. The summed E-state index contributed by atoms with van der Waals surface area (Å²) in [6, 6.07) is 3.79. The number of rotatable bonds is 4. The second kappa shape index (κ2) is 7.04. The van der Waals surface area contributed by atoms with Crippen molar-refractivity contribution in [2.45, 2.75) is 32.4 Å². The maximum Gasteiger partial charge on any atom is 0.249 e. The third kappa shape index (κ3) is 3.55. The van der Waals surface area contributed by atoms with Crippen molar-refractivity contribution in [3.63, 3.8) is 0 Å². The van der Waals surface area contributed by atoms with Crippen LogP contribution in [0.1, 0.15) is 25.0 Å². The fraction of sp³-hybridized carbons (Fsp3) is 0.444. The standard InChI is InChI=1S/C18H22N6O/c25-17(15-4-1-2-5-15)23-11-14(10-21-18-19-7-3-8-20-18)12-24-16(13-23)6-9-22-24/h3-4,6-9,14H,1-2,5,10-13H2,(H,19,20,21)/t14-/m0/s1. The van der Waals surface area contributed by atoms with E-state index < -0.39 is 0 Å². The molecule has 0 bridgehead atoms. The van der Waals surface area contributed by atoms with E-state index in [-0.39, 0.29) is 11.8 Å². The third-order valence-electron chi connectivity index (χ3n) is 4.78. The largest absolute Gasteiger partial charge is 0.354 e. The first kappa shape index (κ1) is 15.8. The summed E-state index contributed by atoms with van der Waals surface area (Å²) in [6.45, 7) is 2.81. The summed E-state index contributed by atoms with van der Waals surface area (Å²) in [6.07, 6.45) is 10.3. The summed E-state index contributed by atoms with van der Waals surface area (Å²) in [5, 5.41) is 7.70. The molecule has 2 aromatic rings. The van der Waals surface area contributed by atoms with E-state index in [1.165, 1.54) is 0 Å². The summed E-state index contributed by atoms with van der Waals surface area (Å²) in [4.78, 5) is 23.3. The summed E-state index contributed by atoms with van der Waals surface area (Å²) >= 11 is 0. The number of aromatic nitrogens is 4. The number of carbonyl (C=O) groups excluding carboxylic acids is 1. The molecule has 7 heteroatoms. The zero-order valence-corrected chi connectivity index (χ0v) is 14.1. The molecule has 0 aromatic carbocycles. The normalized spacial score (nSPS) is 19.9. The molecule has 0 fully saturated rings. The van der Waals surface area contributed by atoms with Crippen LogP contribution in [0.3, 0.4) is 0 Å². The first-order valence-corrected chi connectivity index (χ1v) is 8.79.